The maximum absolute atomic E-state index is 5.18. The van der Waals surface area contributed by atoms with Crippen LogP contribution in [0.25, 0.3) is 83.6 Å². The van der Waals surface area contributed by atoms with Crippen molar-refractivity contribution >= 4 is 100.0 Å². The van der Waals surface area contributed by atoms with Crippen molar-refractivity contribution in [3.8, 4) is 61.8 Å². The third kappa shape index (κ3) is 6.82. The van der Waals surface area contributed by atoms with Gasteiger partial charge in [-0.3, -0.25) is 0 Å². The first-order valence-electron chi connectivity index (χ1n) is 21.3. The number of hydrogen-bond donors (Lipinski definition) is 0. The predicted octanol–water partition coefficient (Wildman–Crippen LogP) is 4.36. The summed E-state index contributed by atoms with van der Waals surface area (Å²) in [6, 6.07) is 62.3. The second-order valence-corrected chi connectivity index (χ2v) is 16.3. The molecular weight excluding hydrogens is 749 g/mol. The Balaban J connectivity index is 1.08. The zero-order valence-electron chi connectivity index (χ0n) is 36.0. The molecule has 0 atom stereocenters. The van der Waals surface area contributed by atoms with Crippen LogP contribution in [0.4, 0.5) is 11.6 Å². The largest absolute Gasteiger partial charge is 0.313 e. The summed E-state index contributed by atoms with van der Waals surface area (Å²) in [6.45, 7) is 0. The Labute approximate surface area is 367 Å². The van der Waals surface area contributed by atoms with E-state index < -0.39 is 0 Å². The summed E-state index contributed by atoms with van der Waals surface area (Å²) in [6.07, 6.45) is 0. The fourth-order valence-corrected chi connectivity index (χ4v) is 9.07. The first-order chi connectivity index (χ1) is 30.2. The van der Waals surface area contributed by atoms with Gasteiger partial charge >= 0.3 is 0 Å². The third-order valence-corrected chi connectivity index (χ3v) is 12.8. The molecule has 0 radical (unpaired) electrons. The molecule has 10 heteroatoms. The Hall–Kier alpha value is -7.31. The van der Waals surface area contributed by atoms with Crippen molar-refractivity contribution in [2.75, 3.05) is 11.9 Å². The van der Waals surface area contributed by atoms with Gasteiger partial charge in [-0.05, 0) is 58.1 Å². The smallest absolute Gasteiger partial charge is 0.233 e. The summed E-state index contributed by atoms with van der Waals surface area (Å²) in [4.78, 5) is 17.5. The van der Waals surface area contributed by atoms with Crippen molar-refractivity contribution in [2.45, 2.75) is 0 Å². The van der Waals surface area contributed by atoms with Crippen LogP contribution in [-0.4, -0.2) is 65.8 Å². The van der Waals surface area contributed by atoms with Crippen molar-refractivity contribution in [3.05, 3.63) is 176 Å². The van der Waals surface area contributed by atoms with Gasteiger partial charge in [0.25, 0.3) is 0 Å². The van der Waals surface area contributed by atoms with Gasteiger partial charge in [0.1, 0.15) is 39.2 Å². The molecule has 290 valence electrons. The summed E-state index contributed by atoms with van der Waals surface area (Å²) in [5.41, 5.74) is 20.0. The van der Waals surface area contributed by atoms with E-state index in [1.807, 2.05) is 25.2 Å². The second kappa shape index (κ2) is 15.9. The molecule has 8 aromatic carbocycles. The van der Waals surface area contributed by atoms with Crippen molar-refractivity contribution in [1.82, 2.24) is 19.5 Å². The van der Waals surface area contributed by atoms with E-state index in [-0.39, 0.29) is 0 Å². The van der Waals surface area contributed by atoms with E-state index in [0.29, 0.717) is 17.6 Å². The lowest BCUT2D eigenvalue weighted by atomic mass is 9.59. The zero-order chi connectivity index (χ0) is 42.5. The number of para-hydroxylation sites is 2. The molecule has 0 aliphatic heterocycles. The molecule has 0 aliphatic rings. The number of aromatic nitrogens is 4. The number of hydrogen-bond acceptors (Lipinski definition) is 4. The number of anilines is 2. The normalized spacial score (nSPS) is 11.3. The SMILES string of the molecule is Bc1c(B)c(B)c(-c2ccc(-c3nc(-c4ccccc4)nc(N(C)c4ccccc4-c4ccc5c6ccccc6n(-c6cccc(-c7ccccc7)c6)c5c4)n3)cc2)c(B)c1B. The lowest BCUT2D eigenvalue weighted by Gasteiger charge is -2.22. The average Bonchev–Trinajstić information content (AvgIpc) is 3.67. The summed E-state index contributed by atoms with van der Waals surface area (Å²) in [5, 5.41) is 2.43. The third-order valence-electron chi connectivity index (χ3n) is 12.8. The molecule has 2 aromatic heterocycles. The van der Waals surface area contributed by atoms with E-state index in [1.165, 1.54) is 65.9 Å². The van der Waals surface area contributed by atoms with Crippen LogP contribution < -0.4 is 32.2 Å². The van der Waals surface area contributed by atoms with Crippen LogP contribution in [0.5, 0.6) is 0 Å². The molecule has 0 amide bonds. The molecule has 0 spiro atoms. The van der Waals surface area contributed by atoms with E-state index in [4.69, 9.17) is 15.0 Å². The summed E-state index contributed by atoms with van der Waals surface area (Å²) in [5.74, 6) is 1.81. The fourth-order valence-electron chi connectivity index (χ4n) is 9.07. The summed E-state index contributed by atoms with van der Waals surface area (Å²) < 4.78 is 2.40. The molecule has 0 N–H and O–H groups in total. The van der Waals surface area contributed by atoms with Gasteiger partial charge in [0.05, 0.1) is 16.7 Å². The molecule has 0 bridgehead atoms. The Morgan fingerprint density at radius 2 is 0.935 bits per heavy atom. The van der Waals surface area contributed by atoms with Crippen LogP contribution in [-0.2, 0) is 0 Å². The monoisotopic (exact) mass is 791 g/mol. The number of benzene rings is 8. The minimum Gasteiger partial charge on any atom is -0.313 e. The van der Waals surface area contributed by atoms with E-state index in [1.54, 1.807) is 0 Å². The van der Waals surface area contributed by atoms with Crippen molar-refractivity contribution < 1.29 is 0 Å². The van der Waals surface area contributed by atoms with E-state index in [0.717, 1.165) is 39.1 Å². The molecule has 0 aliphatic carbocycles. The van der Waals surface area contributed by atoms with E-state index in [2.05, 4.69) is 206 Å². The first kappa shape index (κ1) is 38.9. The topological polar surface area (TPSA) is 46.8 Å². The maximum Gasteiger partial charge on any atom is 0.233 e. The van der Waals surface area contributed by atoms with Crippen LogP contribution in [0.1, 0.15) is 0 Å². The minimum absolute atomic E-state index is 0.565. The van der Waals surface area contributed by atoms with Crippen molar-refractivity contribution in [2.24, 2.45) is 0 Å². The van der Waals surface area contributed by atoms with Crippen LogP contribution in [0.3, 0.4) is 0 Å². The molecular formula is C52H42B5N5. The van der Waals surface area contributed by atoms with Crippen LogP contribution >= 0.6 is 0 Å². The maximum atomic E-state index is 5.18. The molecule has 62 heavy (non-hydrogen) atoms. The van der Waals surface area contributed by atoms with Gasteiger partial charge in [0, 0.05) is 40.2 Å². The van der Waals surface area contributed by atoms with Crippen LogP contribution in [0.15, 0.2) is 176 Å². The Kier molecular flexibility index (Phi) is 10.00. The molecule has 0 unspecified atom stereocenters. The molecule has 2 heterocycles. The summed E-state index contributed by atoms with van der Waals surface area (Å²) in [7, 11) is 13.2. The predicted molar refractivity (Wildman–Crippen MR) is 277 cm³/mol. The van der Waals surface area contributed by atoms with Crippen LogP contribution in [0.2, 0.25) is 0 Å². The first-order valence-corrected chi connectivity index (χ1v) is 21.3. The van der Waals surface area contributed by atoms with Crippen molar-refractivity contribution in [3.63, 3.8) is 0 Å². The fraction of sp³-hybridized carbons (Fsp3) is 0.0192. The minimum atomic E-state index is 0.565. The van der Waals surface area contributed by atoms with Crippen LogP contribution in [0, 0.1) is 0 Å². The average molecular weight is 791 g/mol. The van der Waals surface area contributed by atoms with E-state index >= 15 is 0 Å². The number of rotatable bonds is 8. The van der Waals surface area contributed by atoms with Gasteiger partial charge < -0.3 is 9.47 Å². The van der Waals surface area contributed by atoms with Crippen molar-refractivity contribution in [1.29, 1.82) is 0 Å². The Bertz CT molecular complexity index is 3290. The van der Waals surface area contributed by atoms with Gasteiger partial charge in [-0.15, -0.1) is 16.4 Å². The highest BCUT2D eigenvalue weighted by molar-refractivity contribution is 6.68. The van der Waals surface area contributed by atoms with Gasteiger partial charge in [-0.1, -0.05) is 157 Å². The quantitative estimate of drug-likeness (QED) is 0.215. The van der Waals surface area contributed by atoms with Gasteiger partial charge in [0.2, 0.25) is 5.95 Å². The summed E-state index contributed by atoms with van der Waals surface area (Å²) >= 11 is 0. The number of fused-ring (bicyclic) bond motifs is 3. The zero-order valence-corrected chi connectivity index (χ0v) is 36.0. The highest BCUT2D eigenvalue weighted by Gasteiger charge is 2.20. The molecule has 10 aromatic rings. The Morgan fingerprint density at radius 3 is 1.65 bits per heavy atom. The number of nitrogens with zero attached hydrogens (tertiary/aromatic N) is 5. The molecule has 0 saturated carbocycles. The lowest BCUT2D eigenvalue weighted by molar-refractivity contribution is 0.999. The molecule has 10 rings (SSSR count). The molecule has 5 nitrogen and oxygen atoms in total. The van der Waals surface area contributed by atoms with Gasteiger partial charge in [-0.2, -0.15) is 9.97 Å². The second-order valence-electron chi connectivity index (χ2n) is 16.3. The standard InChI is InChI=1S/C52H42B5N5/c1-61(52-59-50(33-15-6-3-7-16-33)58-51(60-52)34-25-23-32(24-26-34)44-45(53)47(55)49(57)48(56)46(44)54)41-21-10-8-19-38(41)36-27-28-40-39-20-9-11-22-42(39)62(43(40)30-36)37-18-12-17-35(29-37)31-13-4-2-5-14-31/h2-30H,53-57H2,1H3. The molecule has 0 saturated heterocycles. The Morgan fingerprint density at radius 1 is 0.403 bits per heavy atom. The van der Waals surface area contributed by atoms with Gasteiger partial charge in [0.15, 0.2) is 11.6 Å². The highest BCUT2D eigenvalue weighted by Crippen LogP contribution is 2.39. The molecule has 0 fully saturated rings. The van der Waals surface area contributed by atoms with E-state index in [9.17, 15) is 0 Å². The lowest BCUT2D eigenvalue weighted by Crippen LogP contribution is -2.55. The van der Waals surface area contributed by atoms with Gasteiger partial charge in [-0.25, -0.2) is 4.98 Å². The highest BCUT2D eigenvalue weighted by atomic mass is 15.3.